The van der Waals surface area contributed by atoms with E-state index in [1.807, 2.05) is 33.8 Å². The zero-order valence-electron chi connectivity index (χ0n) is 10.7. The average Bonchev–Trinajstić information content (AvgIpc) is 2.18. The molecule has 0 aliphatic rings. The van der Waals surface area contributed by atoms with Gasteiger partial charge in [0.1, 0.15) is 0 Å². The third-order valence-electron chi connectivity index (χ3n) is 2.08. The lowest BCUT2D eigenvalue weighted by Gasteiger charge is -2.21. The van der Waals surface area contributed by atoms with Crippen LogP contribution in [0, 0.1) is 0 Å². The molecule has 0 radical (unpaired) electrons. The van der Waals surface area contributed by atoms with Crippen molar-refractivity contribution in [2.75, 3.05) is 11.9 Å². The summed E-state index contributed by atoms with van der Waals surface area (Å²) in [4.78, 5) is 12.1. The lowest BCUT2D eigenvalue weighted by Crippen LogP contribution is -2.40. The number of halogens is 1. The topological polar surface area (TPSA) is 41.1 Å². The second-order valence-electron chi connectivity index (χ2n) is 4.92. The van der Waals surface area contributed by atoms with E-state index in [1.54, 1.807) is 12.1 Å². The molecule has 0 saturated heterocycles. The summed E-state index contributed by atoms with van der Waals surface area (Å²) in [7, 11) is 0. The molecule has 1 amide bonds. The highest BCUT2D eigenvalue weighted by Gasteiger charge is 2.18. The van der Waals surface area contributed by atoms with Crippen LogP contribution in [0.4, 0.5) is 5.69 Å². The third-order valence-corrected chi connectivity index (χ3v) is 2.32. The van der Waals surface area contributed by atoms with Gasteiger partial charge >= 0.3 is 0 Å². The van der Waals surface area contributed by atoms with Crippen molar-refractivity contribution in [1.82, 2.24) is 5.32 Å². The average molecular weight is 255 g/mol. The molecule has 1 rings (SSSR count). The summed E-state index contributed by atoms with van der Waals surface area (Å²) >= 11 is 5.92. The van der Waals surface area contributed by atoms with Gasteiger partial charge in [-0.15, -0.1) is 0 Å². The van der Waals surface area contributed by atoms with Crippen LogP contribution in [0.25, 0.3) is 0 Å². The summed E-state index contributed by atoms with van der Waals surface area (Å²) in [6, 6.07) is 5.28. The number of carbonyl (C=O) groups is 1. The highest BCUT2D eigenvalue weighted by atomic mass is 35.5. The van der Waals surface area contributed by atoms with Crippen molar-refractivity contribution >= 4 is 23.2 Å². The SMILES string of the molecule is CCNc1ccc(Cl)cc1C(=O)NC(C)(C)C. The van der Waals surface area contributed by atoms with Crippen molar-refractivity contribution in [3.05, 3.63) is 28.8 Å². The number of hydrogen-bond acceptors (Lipinski definition) is 2. The van der Waals surface area contributed by atoms with Crippen molar-refractivity contribution in [2.45, 2.75) is 33.2 Å². The molecule has 0 atom stereocenters. The maximum Gasteiger partial charge on any atom is 0.253 e. The molecule has 0 fully saturated rings. The molecule has 0 bridgehead atoms. The van der Waals surface area contributed by atoms with Crippen LogP contribution >= 0.6 is 11.6 Å². The molecular formula is C13H19ClN2O. The Labute approximate surface area is 108 Å². The summed E-state index contributed by atoms with van der Waals surface area (Å²) in [6.07, 6.45) is 0. The van der Waals surface area contributed by atoms with E-state index in [0.29, 0.717) is 10.6 Å². The van der Waals surface area contributed by atoms with E-state index in [0.717, 1.165) is 12.2 Å². The van der Waals surface area contributed by atoms with E-state index < -0.39 is 0 Å². The molecule has 17 heavy (non-hydrogen) atoms. The Balaban J connectivity index is 3.02. The largest absolute Gasteiger partial charge is 0.385 e. The Morgan fingerprint density at radius 1 is 1.35 bits per heavy atom. The Hall–Kier alpha value is -1.22. The normalized spacial score (nSPS) is 11.1. The smallest absolute Gasteiger partial charge is 0.253 e. The zero-order chi connectivity index (χ0) is 13.1. The number of benzene rings is 1. The van der Waals surface area contributed by atoms with Crippen LogP contribution < -0.4 is 10.6 Å². The molecule has 0 spiro atoms. The summed E-state index contributed by atoms with van der Waals surface area (Å²) < 4.78 is 0. The molecule has 1 aromatic rings. The Morgan fingerprint density at radius 3 is 2.53 bits per heavy atom. The molecule has 0 heterocycles. The number of carbonyl (C=O) groups excluding carboxylic acids is 1. The molecule has 0 saturated carbocycles. The molecule has 4 heteroatoms. The van der Waals surface area contributed by atoms with Gasteiger partial charge < -0.3 is 10.6 Å². The quantitative estimate of drug-likeness (QED) is 0.869. The molecule has 0 aliphatic carbocycles. The maximum atomic E-state index is 12.1. The van der Waals surface area contributed by atoms with Crippen molar-refractivity contribution in [1.29, 1.82) is 0 Å². The van der Waals surface area contributed by atoms with Crippen LogP contribution in [0.15, 0.2) is 18.2 Å². The minimum absolute atomic E-state index is 0.115. The molecular weight excluding hydrogens is 236 g/mol. The first-order chi connectivity index (χ1) is 7.83. The Morgan fingerprint density at radius 2 is 2.00 bits per heavy atom. The highest BCUT2D eigenvalue weighted by molar-refractivity contribution is 6.31. The van der Waals surface area contributed by atoms with Gasteiger partial charge in [-0.25, -0.2) is 0 Å². The minimum atomic E-state index is -0.261. The minimum Gasteiger partial charge on any atom is -0.385 e. The van der Waals surface area contributed by atoms with Crippen LogP contribution in [-0.2, 0) is 0 Å². The van der Waals surface area contributed by atoms with Gasteiger partial charge in [0.15, 0.2) is 0 Å². The fourth-order valence-electron chi connectivity index (χ4n) is 1.46. The first-order valence-electron chi connectivity index (χ1n) is 5.69. The molecule has 1 aromatic carbocycles. The lowest BCUT2D eigenvalue weighted by molar-refractivity contribution is 0.0920. The highest BCUT2D eigenvalue weighted by Crippen LogP contribution is 2.21. The van der Waals surface area contributed by atoms with Crippen LogP contribution in [0.1, 0.15) is 38.1 Å². The first-order valence-corrected chi connectivity index (χ1v) is 6.07. The molecule has 94 valence electrons. The van der Waals surface area contributed by atoms with Gasteiger partial charge in [0, 0.05) is 22.8 Å². The van der Waals surface area contributed by atoms with Crippen LogP contribution in [0.2, 0.25) is 5.02 Å². The predicted octanol–water partition coefficient (Wildman–Crippen LogP) is 3.30. The van der Waals surface area contributed by atoms with Gasteiger partial charge in [0.05, 0.1) is 5.56 Å². The lowest BCUT2D eigenvalue weighted by atomic mass is 10.1. The number of amides is 1. The van der Waals surface area contributed by atoms with E-state index in [-0.39, 0.29) is 11.4 Å². The zero-order valence-corrected chi connectivity index (χ0v) is 11.5. The fraction of sp³-hybridized carbons (Fsp3) is 0.462. The van der Waals surface area contributed by atoms with E-state index in [4.69, 9.17) is 11.6 Å². The Kier molecular flexibility index (Phi) is 4.40. The van der Waals surface area contributed by atoms with Gasteiger partial charge in [-0.05, 0) is 45.9 Å². The summed E-state index contributed by atoms with van der Waals surface area (Å²) in [5, 5.41) is 6.64. The van der Waals surface area contributed by atoms with Crippen molar-refractivity contribution in [2.24, 2.45) is 0 Å². The predicted molar refractivity (Wildman–Crippen MR) is 72.8 cm³/mol. The molecule has 0 aliphatic heterocycles. The van der Waals surface area contributed by atoms with Crippen LogP contribution in [0.3, 0.4) is 0 Å². The molecule has 2 N–H and O–H groups in total. The van der Waals surface area contributed by atoms with E-state index >= 15 is 0 Å². The second kappa shape index (κ2) is 5.41. The van der Waals surface area contributed by atoms with E-state index in [1.165, 1.54) is 0 Å². The molecule has 0 aromatic heterocycles. The fourth-order valence-corrected chi connectivity index (χ4v) is 1.63. The summed E-state index contributed by atoms with van der Waals surface area (Å²) in [6.45, 7) is 8.59. The van der Waals surface area contributed by atoms with Gasteiger partial charge in [0.25, 0.3) is 5.91 Å². The molecule has 0 unspecified atom stereocenters. The number of rotatable bonds is 3. The van der Waals surface area contributed by atoms with Crippen molar-refractivity contribution < 1.29 is 4.79 Å². The third kappa shape index (κ3) is 4.27. The number of nitrogens with one attached hydrogen (secondary N) is 2. The van der Waals surface area contributed by atoms with Crippen LogP contribution in [-0.4, -0.2) is 18.0 Å². The van der Waals surface area contributed by atoms with Gasteiger partial charge in [-0.2, -0.15) is 0 Å². The maximum absolute atomic E-state index is 12.1. The van der Waals surface area contributed by atoms with Crippen LogP contribution in [0.5, 0.6) is 0 Å². The summed E-state index contributed by atoms with van der Waals surface area (Å²) in [5.74, 6) is -0.115. The standard InChI is InChI=1S/C13H19ClN2O/c1-5-15-11-7-6-9(14)8-10(11)12(17)16-13(2,3)4/h6-8,15H,5H2,1-4H3,(H,16,17). The van der Waals surface area contributed by atoms with Gasteiger partial charge in [0.2, 0.25) is 0 Å². The molecule has 3 nitrogen and oxygen atoms in total. The number of hydrogen-bond donors (Lipinski definition) is 2. The van der Waals surface area contributed by atoms with Crippen molar-refractivity contribution in [3.8, 4) is 0 Å². The monoisotopic (exact) mass is 254 g/mol. The van der Waals surface area contributed by atoms with E-state index in [2.05, 4.69) is 10.6 Å². The second-order valence-corrected chi connectivity index (χ2v) is 5.36. The van der Waals surface area contributed by atoms with E-state index in [9.17, 15) is 4.79 Å². The van der Waals surface area contributed by atoms with Gasteiger partial charge in [-0.1, -0.05) is 11.6 Å². The Bertz CT molecular complexity index is 410. The number of anilines is 1. The first kappa shape index (κ1) is 13.8. The van der Waals surface area contributed by atoms with Crippen molar-refractivity contribution in [3.63, 3.8) is 0 Å². The summed E-state index contributed by atoms with van der Waals surface area (Å²) in [5.41, 5.74) is 1.12. The van der Waals surface area contributed by atoms with Gasteiger partial charge in [-0.3, -0.25) is 4.79 Å².